The van der Waals surface area contributed by atoms with Gasteiger partial charge < -0.3 is 10.6 Å². The van der Waals surface area contributed by atoms with Gasteiger partial charge in [-0.3, -0.25) is 4.79 Å². The molecule has 0 saturated carbocycles. The summed E-state index contributed by atoms with van der Waals surface area (Å²) in [7, 11) is 0. The van der Waals surface area contributed by atoms with Crippen molar-refractivity contribution in [1.29, 1.82) is 0 Å². The van der Waals surface area contributed by atoms with Crippen LogP contribution in [0.4, 0.5) is 13.2 Å². The minimum Gasteiger partial charge on any atom is -0.355 e. The van der Waals surface area contributed by atoms with Gasteiger partial charge in [-0.1, -0.05) is 33.1 Å². The van der Waals surface area contributed by atoms with Crippen molar-refractivity contribution in [3.8, 4) is 0 Å². The summed E-state index contributed by atoms with van der Waals surface area (Å²) < 4.78 is 39.5. The molecular weight excluding hydrogens is 269 g/mol. The lowest BCUT2D eigenvalue weighted by atomic mass is 9.85. The van der Waals surface area contributed by atoms with E-state index in [1.165, 1.54) is 0 Å². The van der Waals surface area contributed by atoms with E-state index < -0.39 is 17.5 Å². The average Bonchev–Trinajstić information content (AvgIpc) is 2.89. The van der Waals surface area contributed by atoms with Crippen molar-refractivity contribution in [2.75, 3.05) is 19.6 Å². The van der Waals surface area contributed by atoms with Gasteiger partial charge in [0.15, 0.2) is 5.41 Å². The van der Waals surface area contributed by atoms with Gasteiger partial charge in [-0.2, -0.15) is 13.2 Å². The van der Waals surface area contributed by atoms with E-state index in [1.807, 2.05) is 6.92 Å². The lowest BCUT2D eigenvalue weighted by molar-refractivity contribution is -0.216. The molecule has 0 aromatic heterocycles. The minimum atomic E-state index is -4.49. The van der Waals surface area contributed by atoms with Gasteiger partial charge in [-0.25, -0.2) is 0 Å². The van der Waals surface area contributed by atoms with Crippen LogP contribution >= 0.6 is 0 Å². The number of nitrogens with one attached hydrogen (secondary N) is 2. The van der Waals surface area contributed by atoms with Crippen molar-refractivity contribution in [2.45, 2.75) is 52.1 Å². The Labute approximate surface area is 118 Å². The molecule has 1 heterocycles. The summed E-state index contributed by atoms with van der Waals surface area (Å²) in [4.78, 5) is 12.0. The summed E-state index contributed by atoms with van der Waals surface area (Å²) in [6.07, 6.45) is -0.747. The van der Waals surface area contributed by atoms with Crippen LogP contribution in [0.15, 0.2) is 0 Å². The molecule has 0 bridgehead atoms. The van der Waals surface area contributed by atoms with Crippen LogP contribution in [0.25, 0.3) is 0 Å². The molecule has 20 heavy (non-hydrogen) atoms. The molecule has 1 rings (SSSR count). The molecule has 1 amide bonds. The molecule has 6 heteroatoms. The molecule has 2 N–H and O–H groups in total. The molecule has 1 fully saturated rings. The Morgan fingerprint density at radius 1 is 1.40 bits per heavy atom. The zero-order chi connectivity index (χ0) is 15.2. The average molecular weight is 294 g/mol. The maximum atomic E-state index is 13.2. The van der Waals surface area contributed by atoms with Gasteiger partial charge in [0.25, 0.3) is 0 Å². The van der Waals surface area contributed by atoms with Gasteiger partial charge in [0, 0.05) is 13.1 Å². The topological polar surface area (TPSA) is 41.1 Å². The Bertz CT molecular complexity index is 312. The monoisotopic (exact) mass is 294 g/mol. The lowest BCUT2D eigenvalue weighted by Gasteiger charge is -2.30. The predicted octanol–water partition coefficient (Wildman–Crippen LogP) is 2.86. The van der Waals surface area contributed by atoms with E-state index >= 15 is 0 Å². The van der Waals surface area contributed by atoms with Crippen molar-refractivity contribution in [3.63, 3.8) is 0 Å². The van der Waals surface area contributed by atoms with E-state index in [1.54, 1.807) is 0 Å². The normalized spacial score (nSPS) is 24.6. The van der Waals surface area contributed by atoms with Gasteiger partial charge in [0.1, 0.15) is 0 Å². The van der Waals surface area contributed by atoms with E-state index in [0.717, 1.165) is 25.7 Å². The highest BCUT2D eigenvalue weighted by atomic mass is 19.4. The molecule has 2 atom stereocenters. The largest absolute Gasteiger partial charge is 0.404 e. The highest BCUT2D eigenvalue weighted by Gasteiger charge is 2.61. The first-order chi connectivity index (χ1) is 9.37. The Hall–Kier alpha value is -0.780. The lowest BCUT2D eigenvalue weighted by Crippen LogP contribution is -2.52. The van der Waals surface area contributed by atoms with Crippen LogP contribution in [0.5, 0.6) is 0 Å². The number of carbonyl (C=O) groups is 1. The molecule has 0 aromatic carbocycles. The van der Waals surface area contributed by atoms with Crippen LogP contribution in [-0.4, -0.2) is 31.7 Å². The molecule has 1 saturated heterocycles. The molecular formula is C14H25F3N2O. The number of rotatable bonds is 7. The highest BCUT2D eigenvalue weighted by Crippen LogP contribution is 2.43. The van der Waals surface area contributed by atoms with Crippen molar-refractivity contribution >= 4 is 5.91 Å². The second-order valence-electron chi connectivity index (χ2n) is 5.63. The molecule has 1 aliphatic heterocycles. The summed E-state index contributed by atoms with van der Waals surface area (Å²) in [6.45, 7) is 4.35. The zero-order valence-corrected chi connectivity index (χ0v) is 12.3. The van der Waals surface area contributed by atoms with Crippen LogP contribution in [-0.2, 0) is 4.79 Å². The van der Waals surface area contributed by atoms with Crippen LogP contribution in [0.3, 0.4) is 0 Å². The fraction of sp³-hybridized carbons (Fsp3) is 0.929. The number of carbonyl (C=O) groups excluding carboxylic acids is 1. The van der Waals surface area contributed by atoms with E-state index in [0.29, 0.717) is 6.54 Å². The van der Waals surface area contributed by atoms with Gasteiger partial charge in [0.05, 0.1) is 0 Å². The fourth-order valence-corrected chi connectivity index (χ4v) is 2.61. The van der Waals surface area contributed by atoms with Crippen molar-refractivity contribution in [3.05, 3.63) is 0 Å². The second-order valence-corrected chi connectivity index (χ2v) is 5.63. The molecule has 0 spiro atoms. The Balaban J connectivity index is 2.59. The number of halogens is 3. The molecule has 2 unspecified atom stereocenters. The summed E-state index contributed by atoms with van der Waals surface area (Å²) >= 11 is 0. The number of hydrogen-bond donors (Lipinski definition) is 2. The Kier molecular flexibility index (Phi) is 6.30. The van der Waals surface area contributed by atoms with Crippen LogP contribution < -0.4 is 10.6 Å². The van der Waals surface area contributed by atoms with Crippen LogP contribution in [0.1, 0.15) is 46.0 Å². The van der Waals surface area contributed by atoms with Crippen molar-refractivity contribution < 1.29 is 18.0 Å². The van der Waals surface area contributed by atoms with Gasteiger partial charge in [-0.15, -0.1) is 0 Å². The Morgan fingerprint density at radius 3 is 2.55 bits per heavy atom. The number of unbranched alkanes of at least 4 members (excludes halogenated alkanes) is 1. The molecule has 3 nitrogen and oxygen atoms in total. The highest BCUT2D eigenvalue weighted by molar-refractivity contribution is 5.84. The van der Waals surface area contributed by atoms with E-state index in [2.05, 4.69) is 17.6 Å². The summed E-state index contributed by atoms with van der Waals surface area (Å²) in [5, 5.41) is 5.19. The van der Waals surface area contributed by atoms with Gasteiger partial charge in [0.2, 0.25) is 5.91 Å². The van der Waals surface area contributed by atoms with Crippen LogP contribution in [0.2, 0.25) is 0 Å². The van der Waals surface area contributed by atoms with Crippen molar-refractivity contribution in [2.24, 2.45) is 11.3 Å². The molecule has 0 aliphatic carbocycles. The first kappa shape index (κ1) is 17.3. The quantitative estimate of drug-likeness (QED) is 0.758. The van der Waals surface area contributed by atoms with E-state index in [4.69, 9.17) is 0 Å². The SMILES string of the molecule is CCCCC(CC)CNC(=O)C1(C(F)(F)F)CCNC1. The third kappa shape index (κ3) is 3.87. The smallest absolute Gasteiger partial charge is 0.355 e. The van der Waals surface area contributed by atoms with Gasteiger partial charge in [-0.05, 0) is 25.3 Å². The summed E-state index contributed by atoms with van der Waals surface area (Å²) in [5.41, 5.74) is -2.24. The Morgan fingerprint density at radius 2 is 2.10 bits per heavy atom. The number of alkyl halides is 3. The first-order valence-electron chi connectivity index (χ1n) is 7.43. The molecule has 118 valence electrons. The molecule has 1 aliphatic rings. The fourth-order valence-electron chi connectivity index (χ4n) is 2.61. The predicted molar refractivity (Wildman–Crippen MR) is 72.3 cm³/mol. The maximum absolute atomic E-state index is 13.2. The third-order valence-corrected chi connectivity index (χ3v) is 4.23. The first-order valence-corrected chi connectivity index (χ1v) is 7.43. The van der Waals surface area contributed by atoms with Crippen molar-refractivity contribution in [1.82, 2.24) is 10.6 Å². The molecule has 0 radical (unpaired) electrons. The van der Waals surface area contributed by atoms with E-state index in [9.17, 15) is 18.0 Å². The van der Waals surface area contributed by atoms with Gasteiger partial charge >= 0.3 is 6.18 Å². The second kappa shape index (κ2) is 7.29. The van der Waals surface area contributed by atoms with E-state index in [-0.39, 0.29) is 25.4 Å². The maximum Gasteiger partial charge on any atom is 0.404 e. The molecule has 0 aromatic rings. The number of amides is 1. The summed E-state index contributed by atoms with van der Waals surface area (Å²) in [5.74, 6) is -0.608. The minimum absolute atomic E-state index is 0.173. The zero-order valence-electron chi connectivity index (χ0n) is 12.3. The standard InChI is InChI=1S/C14H25F3N2O/c1-3-5-6-11(4-2)9-19-12(20)13(14(15,16)17)7-8-18-10-13/h11,18H,3-10H2,1-2H3,(H,19,20). The summed E-state index contributed by atoms with van der Waals surface area (Å²) in [6, 6.07) is 0. The van der Waals surface area contributed by atoms with Crippen LogP contribution in [0, 0.1) is 11.3 Å². The number of hydrogen-bond acceptors (Lipinski definition) is 2. The third-order valence-electron chi connectivity index (χ3n) is 4.23.